The van der Waals surface area contributed by atoms with Crippen LogP contribution >= 0.6 is 11.3 Å². The van der Waals surface area contributed by atoms with Crippen LogP contribution in [0.5, 0.6) is 0 Å². The monoisotopic (exact) mass is 319 g/mol. The van der Waals surface area contributed by atoms with E-state index in [9.17, 15) is 14.7 Å². The number of carboxylic acids is 1. The fourth-order valence-electron chi connectivity index (χ4n) is 3.19. The van der Waals surface area contributed by atoms with Crippen LogP contribution in [0.15, 0.2) is 11.1 Å². The van der Waals surface area contributed by atoms with Crippen LogP contribution in [-0.2, 0) is 24.2 Å². The first-order valence-corrected chi connectivity index (χ1v) is 8.28. The molecular formula is C16H19N2O3S-. The van der Waals surface area contributed by atoms with Gasteiger partial charge in [0.2, 0.25) is 0 Å². The number of thiophene rings is 1. The maximum absolute atomic E-state index is 12.5. The fraction of sp³-hybridized carbons (Fsp3) is 0.562. The SMILES string of the molecule is CC(C)(C)C1CCc2c(sc3ncn(CC(=O)[O-])c(=O)c23)C1. The number of carboxylic acid groups (broad SMARTS) is 1. The number of fused-ring (bicyclic) bond motifs is 3. The van der Waals surface area contributed by atoms with E-state index in [4.69, 9.17) is 0 Å². The van der Waals surface area contributed by atoms with Crippen LogP contribution in [-0.4, -0.2) is 15.5 Å². The predicted octanol–water partition coefficient (Wildman–Crippen LogP) is 1.36. The summed E-state index contributed by atoms with van der Waals surface area (Å²) in [7, 11) is 0. The van der Waals surface area contributed by atoms with Crippen molar-refractivity contribution < 1.29 is 9.90 Å². The molecule has 0 aromatic carbocycles. The molecule has 0 N–H and O–H groups in total. The number of carbonyl (C=O) groups is 1. The van der Waals surface area contributed by atoms with Crippen molar-refractivity contribution in [3.63, 3.8) is 0 Å². The first-order valence-electron chi connectivity index (χ1n) is 7.47. The Hall–Kier alpha value is -1.69. The summed E-state index contributed by atoms with van der Waals surface area (Å²) in [5.41, 5.74) is 1.06. The highest BCUT2D eigenvalue weighted by Gasteiger charge is 2.31. The van der Waals surface area contributed by atoms with Crippen molar-refractivity contribution in [2.45, 2.75) is 46.6 Å². The van der Waals surface area contributed by atoms with Gasteiger partial charge in [-0.25, -0.2) is 4.98 Å². The summed E-state index contributed by atoms with van der Waals surface area (Å²) in [4.78, 5) is 29.5. The van der Waals surface area contributed by atoms with Gasteiger partial charge in [0, 0.05) is 4.88 Å². The highest BCUT2D eigenvalue weighted by molar-refractivity contribution is 7.18. The quantitative estimate of drug-likeness (QED) is 0.837. The fourth-order valence-corrected chi connectivity index (χ4v) is 4.45. The molecule has 1 atom stereocenters. The third kappa shape index (κ3) is 2.56. The van der Waals surface area contributed by atoms with Crippen molar-refractivity contribution >= 4 is 27.5 Å². The lowest BCUT2D eigenvalue weighted by Gasteiger charge is -2.33. The average molecular weight is 319 g/mol. The van der Waals surface area contributed by atoms with Crippen LogP contribution in [0.3, 0.4) is 0 Å². The highest BCUT2D eigenvalue weighted by atomic mass is 32.1. The molecule has 6 heteroatoms. The maximum Gasteiger partial charge on any atom is 0.262 e. The summed E-state index contributed by atoms with van der Waals surface area (Å²) in [6, 6.07) is 0. The first-order chi connectivity index (χ1) is 10.3. The Morgan fingerprint density at radius 1 is 1.50 bits per heavy atom. The molecule has 3 rings (SSSR count). The average Bonchev–Trinajstić information content (AvgIpc) is 2.78. The minimum absolute atomic E-state index is 0.247. The van der Waals surface area contributed by atoms with Gasteiger partial charge in [-0.15, -0.1) is 11.3 Å². The zero-order chi connectivity index (χ0) is 16.1. The van der Waals surface area contributed by atoms with Crippen LogP contribution in [0.1, 0.15) is 37.6 Å². The molecule has 0 saturated carbocycles. The minimum Gasteiger partial charge on any atom is -0.548 e. The van der Waals surface area contributed by atoms with Gasteiger partial charge in [-0.05, 0) is 36.2 Å². The van der Waals surface area contributed by atoms with Gasteiger partial charge in [-0.3, -0.25) is 9.36 Å². The molecule has 0 radical (unpaired) electrons. The second-order valence-electron chi connectivity index (χ2n) is 7.04. The van der Waals surface area contributed by atoms with E-state index in [1.54, 1.807) is 11.3 Å². The van der Waals surface area contributed by atoms with Crippen LogP contribution in [0.4, 0.5) is 0 Å². The van der Waals surface area contributed by atoms with Crippen LogP contribution < -0.4 is 10.7 Å². The maximum atomic E-state index is 12.5. The van der Waals surface area contributed by atoms with Gasteiger partial charge in [0.05, 0.1) is 24.2 Å². The van der Waals surface area contributed by atoms with Crippen LogP contribution in [0.2, 0.25) is 0 Å². The number of rotatable bonds is 2. The van der Waals surface area contributed by atoms with E-state index < -0.39 is 12.5 Å². The van der Waals surface area contributed by atoms with Crippen molar-refractivity contribution in [1.29, 1.82) is 0 Å². The molecule has 1 aliphatic carbocycles. The molecule has 118 valence electrons. The topological polar surface area (TPSA) is 75.0 Å². The summed E-state index contributed by atoms with van der Waals surface area (Å²) in [5, 5.41) is 11.3. The number of aliphatic carboxylic acids is 1. The first kappa shape index (κ1) is 15.2. The molecule has 0 saturated heterocycles. The largest absolute Gasteiger partial charge is 0.548 e. The molecule has 0 amide bonds. The Bertz CT molecular complexity index is 798. The summed E-state index contributed by atoms with van der Waals surface area (Å²) in [5.74, 6) is -0.682. The smallest absolute Gasteiger partial charge is 0.262 e. The molecule has 0 aliphatic heterocycles. The normalized spacial score (nSPS) is 18.4. The molecular weight excluding hydrogens is 300 g/mol. The van der Waals surface area contributed by atoms with Crippen molar-refractivity contribution in [1.82, 2.24) is 9.55 Å². The van der Waals surface area contributed by atoms with Crippen LogP contribution in [0.25, 0.3) is 10.2 Å². The third-order valence-corrected chi connectivity index (χ3v) is 5.72. The number of hydrogen-bond acceptors (Lipinski definition) is 5. The van der Waals surface area contributed by atoms with Gasteiger partial charge in [-0.2, -0.15) is 0 Å². The molecule has 1 unspecified atom stereocenters. The molecule has 0 spiro atoms. The van der Waals surface area contributed by atoms with Crippen molar-refractivity contribution in [2.75, 3.05) is 0 Å². The Labute approximate surface area is 132 Å². The van der Waals surface area contributed by atoms with E-state index in [2.05, 4.69) is 25.8 Å². The van der Waals surface area contributed by atoms with E-state index in [1.165, 1.54) is 11.2 Å². The minimum atomic E-state index is -1.28. The lowest BCUT2D eigenvalue weighted by molar-refractivity contribution is -0.306. The zero-order valence-electron chi connectivity index (χ0n) is 13.0. The summed E-state index contributed by atoms with van der Waals surface area (Å²) >= 11 is 1.57. The highest BCUT2D eigenvalue weighted by Crippen LogP contribution is 2.41. The van der Waals surface area contributed by atoms with Gasteiger partial charge in [-0.1, -0.05) is 20.8 Å². The van der Waals surface area contributed by atoms with E-state index in [0.717, 1.165) is 34.2 Å². The lowest BCUT2D eigenvalue weighted by atomic mass is 9.72. The molecule has 0 fully saturated rings. The van der Waals surface area contributed by atoms with Gasteiger partial charge in [0.15, 0.2) is 0 Å². The van der Waals surface area contributed by atoms with Gasteiger partial charge < -0.3 is 9.90 Å². The van der Waals surface area contributed by atoms with Gasteiger partial charge >= 0.3 is 0 Å². The Morgan fingerprint density at radius 2 is 2.23 bits per heavy atom. The molecule has 2 aromatic heterocycles. The van der Waals surface area contributed by atoms with Crippen molar-refractivity contribution in [3.05, 3.63) is 27.1 Å². The molecule has 2 aromatic rings. The van der Waals surface area contributed by atoms with E-state index in [0.29, 0.717) is 11.3 Å². The lowest BCUT2D eigenvalue weighted by Crippen LogP contribution is -2.33. The van der Waals surface area contributed by atoms with E-state index in [-0.39, 0.29) is 11.0 Å². The standard InChI is InChI=1S/C16H20N2O3S/c1-16(2,3)9-4-5-10-11(6-9)22-14-13(10)15(21)18(8-17-14)7-12(19)20/h8-9H,4-7H2,1-3H3,(H,19,20)/p-1. The third-order valence-electron chi connectivity index (χ3n) is 4.56. The van der Waals surface area contributed by atoms with E-state index >= 15 is 0 Å². The number of aryl methyl sites for hydroxylation is 1. The predicted molar refractivity (Wildman–Crippen MR) is 83.9 cm³/mol. The Kier molecular flexibility index (Phi) is 3.59. The molecule has 22 heavy (non-hydrogen) atoms. The second-order valence-corrected chi connectivity index (χ2v) is 8.12. The number of hydrogen-bond donors (Lipinski definition) is 0. The second kappa shape index (κ2) is 5.19. The van der Waals surface area contributed by atoms with E-state index in [1.807, 2.05) is 0 Å². The van der Waals surface area contributed by atoms with Crippen LogP contribution in [0, 0.1) is 11.3 Å². The van der Waals surface area contributed by atoms with Gasteiger partial charge in [0.25, 0.3) is 5.56 Å². The molecule has 2 heterocycles. The number of carbonyl (C=O) groups excluding carboxylic acids is 1. The summed E-state index contributed by atoms with van der Waals surface area (Å²) < 4.78 is 1.13. The summed E-state index contributed by atoms with van der Waals surface area (Å²) in [6.07, 6.45) is 4.20. The molecule has 1 aliphatic rings. The van der Waals surface area contributed by atoms with Crippen molar-refractivity contribution in [3.8, 4) is 0 Å². The zero-order valence-corrected chi connectivity index (χ0v) is 13.8. The number of nitrogens with zero attached hydrogens (tertiary/aromatic N) is 2. The number of aromatic nitrogens is 2. The Balaban J connectivity index is 2.08. The molecule has 5 nitrogen and oxygen atoms in total. The van der Waals surface area contributed by atoms with Gasteiger partial charge in [0.1, 0.15) is 4.83 Å². The summed E-state index contributed by atoms with van der Waals surface area (Å²) in [6.45, 7) is 6.31. The van der Waals surface area contributed by atoms with Crippen molar-refractivity contribution in [2.24, 2.45) is 11.3 Å². The Morgan fingerprint density at radius 3 is 2.86 bits per heavy atom. The molecule has 0 bridgehead atoms.